The van der Waals surface area contributed by atoms with Gasteiger partial charge in [0, 0.05) is 17.7 Å². The van der Waals surface area contributed by atoms with Gasteiger partial charge in [0.2, 0.25) is 0 Å². The van der Waals surface area contributed by atoms with Crippen molar-refractivity contribution in [2.75, 3.05) is 0 Å². The molecule has 1 amide bonds. The summed E-state index contributed by atoms with van der Waals surface area (Å²) in [7, 11) is 0. The number of aromatic carboxylic acids is 1. The number of benzene rings is 1. The van der Waals surface area contributed by atoms with E-state index in [0.717, 1.165) is 6.42 Å². The van der Waals surface area contributed by atoms with Gasteiger partial charge in [-0.2, -0.15) is 5.26 Å². The van der Waals surface area contributed by atoms with E-state index in [1.54, 1.807) is 18.2 Å². The van der Waals surface area contributed by atoms with E-state index in [1.165, 1.54) is 18.2 Å². The number of nitrogens with zero attached hydrogens (tertiary/aromatic N) is 1. The van der Waals surface area contributed by atoms with Crippen molar-refractivity contribution >= 4 is 29.6 Å². The second-order valence-electron chi connectivity index (χ2n) is 5.65. The third kappa shape index (κ3) is 4.52. The molecule has 1 aromatic heterocycles. The topological polar surface area (TPSA) is 103 Å². The number of halogens is 1. The average molecular weight is 373 g/mol. The molecule has 2 aromatic rings. The fourth-order valence-corrected chi connectivity index (χ4v) is 2.38. The van der Waals surface area contributed by atoms with Crippen molar-refractivity contribution in [1.29, 1.82) is 5.26 Å². The monoisotopic (exact) mass is 372 g/mol. The lowest BCUT2D eigenvalue weighted by atomic mass is 10.1. The van der Waals surface area contributed by atoms with E-state index in [2.05, 4.69) is 5.32 Å². The molecule has 0 aliphatic carbocycles. The first-order valence-electron chi connectivity index (χ1n) is 7.91. The minimum Gasteiger partial charge on any atom is -0.478 e. The van der Waals surface area contributed by atoms with Crippen molar-refractivity contribution in [1.82, 2.24) is 5.32 Å². The molecule has 1 heterocycles. The van der Waals surface area contributed by atoms with Crippen LogP contribution in [0.25, 0.3) is 17.4 Å². The van der Waals surface area contributed by atoms with Gasteiger partial charge < -0.3 is 14.8 Å². The normalized spacial score (nSPS) is 12.3. The molecular formula is C19H17ClN2O4. The van der Waals surface area contributed by atoms with Gasteiger partial charge >= 0.3 is 5.97 Å². The van der Waals surface area contributed by atoms with Crippen LogP contribution in [0.2, 0.25) is 5.02 Å². The maximum atomic E-state index is 12.1. The zero-order valence-corrected chi connectivity index (χ0v) is 15.0. The van der Waals surface area contributed by atoms with Crippen LogP contribution in [-0.4, -0.2) is 23.0 Å². The molecule has 26 heavy (non-hydrogen) atoms. The molecule has 134 valence electrons. The molecule has 0 bridgehead atoms. The smallest absolute Gasteiger partial charge is 0.337 e. The first-order chi connectivity index (χ1) is 12.3. The molecule has 2 rings (SSSR count). The van der Waals surface area contributed by atoms with Gasteiger partial charge in [0.25, 0.3) is 5.91 Å². The minimum absolute atomic E-state index is 0.00410. The molecule has 0 spiro atoms. The van der Waals surface area contributed by atoms with E-state index in [4.69, 9.17) is 21.1 Å². The zero-order valence-electron chi connectivity index (χ0n) is 14.2. The molecule has 0 fully saturated rings. The highest BCUT2D eigenvalue weighted by Gasteiger charge is 2.14. The standard InChI is InChI=1S/C19H17ClN2O4/c1-3-11(2)22-18(23)13(10-21)8-14-5-7-17(26-14)12-4-6-15(19(24)25)16(20)9-12/h4-9,11H,3H2,1-2H3,(H,22,23)(H,24,25)/b13-8+/t11-/m1/s1. The van der Waals surface area contributed by atoms with E-state index in [1.807, 2.05) is 19.9 Å². The van der Waals surface area contributed by atoms with E-state index in [-0.39, 0.29) is 22.2 Å². The summed E-state index contributed by atoms with van der Waals surface area (Å²) in [5, 5.41) is 21.0. The van der Waals surface area contributed by atoms with Crippen LogP contribution in [0.4, 0.5) is 0 Å². The van der Waals surface area contributed by atoms with Crippen molar-refractivity contribution in [3.63, 3.8) is 0 Å². The number of amides is 1. The van der Waals surface area contributed by atoms with Crippen LogP contribution in [0.1, 0.15) is 36.4 Å². The highest BCUT2D eigenvalue weighted by Crippen LogP contribution is 2.28. The summed E-state index contributed by atoms with van der Waals surface area (Å²) in [6.45, 7) is 3.78. The van der Waals surface area contributed by atoms with E-state index in [0.29, 0.717) is 17.1 Å². The number of rotatable bonds is 6. The molecule has 0 unspecified atom stereocenters. The minimum atomic E-state index is -1.12. The van der Waals surface area contributed by atoms with Gasteiger partial charge in [0.05, 0.1) is 10.6 Å². The Morgan fingerprint density at radius 1 is 1.38 bits per heavy atom. The van der Waals surface area contributed by atoms with Crippen LogP contribution in [0, 0.1) is 11.3 Å². The Hall–Kier alpha value is -3.04. The third-order valence-electron chi connectivity index (χ3n) is 3.75. The fraction of sp³-hybridized carbons (Fsp3) is 0.211. The number of hydrogen-bond acceptors (Lipinski definition) is 4. The summed E-state index contributed by atoms with van der Waals surface area (Å²) < 4.78 is 5.63. The molecule has 1 atom stereocenters. The van der Waals surface area contributed by atoms with E-state index >= 15 is 0 Å². The molecule has 0 aliphatic heterocycles. The second kappa shape index (κ2) is 8.37. The van der Waals surface area contributed by atoms with Crippen molar-refractivity contribution in [2.45, 2.75) is 26.3 Å². The lowest BCUT2D eigenvalue weighted by Crippen LogP contribution is -2.32. The Morgan fingerprint density at radius 3 is 2.69 bits per heavy atom. The first-order valence-corrected chi connectivity index (χ1v) is 8.29. The fourth-order valence-electron chi connectivity index (χ4n) is 2.12. The number of carboxylic acid groups (broad SMARTS) is 1. The zero-order chi connectivity index (χ0) is 19.3. The predicted octanol–water partition coefficient (Wildman–Crippen LogP) is 4.12. The van der Waals surface area contributed by atoms with Crippen LogP contribution >= 0.6 is 11.6 Å². The lowest BCUT2D eigenvalue weighted by Gasteiger charge is -2.09. The lowest BCUT2D eigenvalue weighted by molar-refractivity contribution is -0.117. The number of nitrogens with one attached hydrogen (secondary N) is 1. The number of furan rings is 1. The SMILES string of the molecule is CC[C@@H](C)NC(=O)/C(C#N)=C/c1ccc(-c2ccc(C(=O)O)c(Cl)c2)o1. The van der Waals surface area contributed by atoms with Gasteiger partial charge in [-0.15, -0.1) is 0 Å². The van der Waals surface area contributed by atoms with Crippen molar-refractivity contribution in [3.05, 3.63) is 52.3 Å². The highest BCUT2D eigenvalue weighted by molar-refractivity contribution is 6.33. The van der Waals surface area contributed by atoms with Crippen LogP contribution < -0.4 is 5.32 Å². The van der Waals surface area contributed by atoms with Crippen LogP contribution in [-0.2, 0) is 4.79 Å². The summed E-state index contributed by atoms with van der Waals surface area (Å²) in [4.78, 5) is 23.1. The Kier molecular flexibility index (Phi) is 6.21. The summed E-state index contributed by atoms with van der Waals surface area (Å²) in [6.07, 6.45) is 2.11. The molecule has 6 nitrogen and oxygen atoms in total. The Labute approximate surface area is 155 Å². The predicted molar refractivity (Wildman–Crippen MR) is 97.6 cm³/mol. The first kappa shape index (κ1) is 19.3. The Bertz CT molecular complexity index is 909. The van der Waals surface area contributed by atoms with Gasteiger partial charge in [-0.3, -0.25) is 4.79 Å². The number of carboxylic acids is 1. The molecule has 0 saturated heterocycles. The van der Waals surface area contributed by atoms with Gasteiger partial charge in [-0.1, -0.05) is 24.6 Å². The van der Waals surface area contributed by atoms with Crippen LogP contribution in [0.3, 0.4) is 0 Å². The number of carbonyl (C=O) groups is 2. The largest absolute Gasteiger partial charge is 0.478 e. The molecule has 0 aliphatic rings. The van der Waals surface area contributed by atoms with Gasteiger partial charge in [0.1, 0.15) is 23.2 Å². The second-order valence-corrected chi connectivity index (χ2v) is 6.06. The van der Waals surface area contributed by atoms with Gasteiger partial charge in [0.15, 0.2) is 0 Å². The Morgan fingerprint density at radius 2 is 2.12 bits per heavy atom. The summed E-state index contributed by atoms with van der Waals surface area (Å²) in [6, 6.07) is 9.53. The quantitative estimate of drug-likeness (QED) is 0.586. The summed E-state index contributed by atoms with van der Waals surface area (Å²) >= 11 is 5.96. The number of hydrogen-bond donors (Lipinski definition) is 2. The van der Waals surface area contributed by atoms with E-state index < -0.39 is 11.9 Å². The average Bonchev–Trinajstić information content (AvgIpc) is 3.07. The van der Waals surface area contributed by atoms with Crippen molar-refractivity contribution < 1.29 is 19.1 Å². The maximum absolute atomic E-state index is 12.1. The van der Waals surface area contributed by atoms with E-state index in [9.17, 15) is 14.9 Å². The molecule has 1 aromatic carbocycles. The molecule has 0 saturated carbocycles. The molecular weight excluding hydrogens is 356 g/mol. The maximum Gasteiger partial charge on any atom is 0.337 e. The van der Waals surface area contributed by atoms with Gasteiger partial charge in [-0.25, -0.2) is 4.79 Å². The van der Waals surface area contributed by atoms with Crippen LogP contribution in [0.5, 0.6) is 0 Å². The molecule has 2 N–H and O–H groups in total. The molecule has 0 radical (unpaired) electrons. The van der Waals surface area contributed by atoms with Crippen molar-refractivity contribution in [2.24, 2.45) is 0 Å². The van der Waals surface area contributed by atoms with Crippen LogP contribution in [0.15, 0.2) is 40.3 Å². The highest BCUT2D eigenvalue weighted by atomic mass is 35.5. The summed E-state index contributed by atoms with van der Waals surface area (Å²) in [5.74, 6) is -0.812. The Balaban J connectivity index is 2.26. The summed E-state index contributed by atoms with van der Waals surface area (Å²) in [5.41, 5.74) is 0.517. The van der Waals surface area contributed by atoms with Crippen molar-refractivity contribution in [3.8, 4) is 17.4 Å². The molecule has 7 heteroatoms. The van der Waals surface area contributed by atoms with Gasteiger partial charge in [-0.05, 0) is 37.6 Å². The number of carbonyl (C=O) groups excluding carboxylic acids is 1. The third-order valence-corrected chi connectivity index (χ3v) is 4.07. The number of nitriles is 1.